The highest BCUT2D eigenvalue weighted by Crippen LogP contribution is 2.18. The fourth-order valence-electron chi connectivity index (χ4n) is 1.50. The molecule has 2 heterocycles. The molecule has 1 N–H and O–H groups in total. The van der Waals surface area contributed by atoms with Crippen LogP contribution in [0.15, 0.2) is 42.7 Å². The van der Waals surface area contributed by atoms with Crippen LogP contribution < -0.4 is 5.32 Å². The Balaban J connectivity index is 2.29. The molecule has 16 heavy (non-hydrogen) atoms. The topological polar surface area (TPSA) is 37.8 Å². The van der Waals surface area contributed by atoms with Gasteiger partial charge in [-0.1, -0.05) is 6.07 Å². The molecule has 0 spiro atoms. The van der Waals surface area contributed by atoms with E-state index in [0.29, 0.717) is 6.04 Å². The van der Waals surface area contributed by atoms with Gasteiger partial charge in [0.15, 0.2) is 0 Å². The van der Waals surface area contributed by atoms with Crippen molar-refractivity contribution in [2.75, 3.05) is 5.32 Å². The van der Waals surface area contributed by atoms with Gasteiger partial charge in [0, 0.05) is 24.0 Å². The van der Waals surface area contributed by atoms with Crippen molar-refractivity contribution in [2.45, 2.75) is 19.9 Å². The summed E-state index contributed by atoms with van der Waals surface area (Å²) in [5.41, 5.74) is 2.05. The summed E-state index contributed by atoms with van der Waals surface area (Å²) >= 11 is 0. The van der Waals surface area contributed by atoms with Gasteiger partial charge in [-0.3, -0.25) is 4.98 Å². The van der Waals surface area contributed by atoms with E-state index in [2.05, 4.69) is 29.1 Å². The third kappa shape index (κ3) is 2.57. The lowest BCUT2D eigenvalue weighted by Gasteiger charge is -2.09. The van der Waals surface area contributed by atoms with Crippen molar-refractivity contribution in [3.8, 4) is 11.3 Å². The van der Waals surface area contributed by atoms with Crippen molar-refractivity contribution in [3.63, 3.8) is 0 Å². The zero-order chi connectivity index (χ0) is 11.4. The van der Waals surface area contributed by atoms with Crippen LogP contribution in [0.25, 0.3) is 11.3 Å². The van der Waals surface area contributed by atoms with Crippen LogP contribution in [-0.4, -0.2) is 16.0 Å². The van der Waals surface area contributed by atoms with Gasteiger partial charge in [-0.25, -0.2) is 4.98 Å². The summed E-state index contributed by atoms with van der Waals surface area (Å²) in [6, 6.07) is 10.3. The lowest BCUT2D eigenvalue weighted by molar-refractivity contribution is 0.889. The Labute approximate surface area is 95.6 Å². The van der Waals surface area contributed by atoms with E-state index in [1.807, 2.05) is 30.3 Å². The molecule has 0 radical (unpaired) electrons. The van der Waals surface area contributed by atoms with Crippen LogP contribution in [-0.2, 0) is 0 Å². The van der Waals surface area contributed by atoms with Gasteiger partial charge in [0.25, 0.3) is 0 Å². The molecule has 2 aromatic heterocycles. The van der Waals surface area contributed by atoms with Crippen LogP contribution in [0.4, 0.5) is 5.82 Å². The van der Waals surface area contributed by atoms with Crippen molar-refractivity contribution in [2.24, 2.45) is 0 Å². The maximum absolute atomic E-state index is 4.31. The molecule has 0 atom stereocenters. The quantitative estimate of drug-likeness (QED) is 0.851. The lowest BCUT2D eigenvalue weighted by atomic mass is 10.2. The first-order valence-electron chi connectivity index (χ1n) is 5.40. The minimum absolute atomic E-state index is 0.381. The number of pyridine rings is 2. The van der Waals surface area contributed by atoms with Crippen molar-refractivity contribution in [1.82, 2.24) is 9.97 Å². The minimum Gasteiger partial charge on any atom is -0.368 e. The third-order valence-corrected chi connectivity index (χ3v) is 2.16. The number of rotatable bonds is 3. The average Bonchev–Trinajstić information content (AvgIpc) is 2.30. The highest BCUT2D eigenvalue weighted by molar-refractivity contribution is 5.62. The van der Waals surface area contributed by atoms with Crippen molar-refractivity contribution >= 4 is 5.82 Å². The van der Waals surface area contributed by atoms with Gasteiger partial charge in [0.2, 0.25) is 0 Å². The van der Waals surface area contributed by atoms with E-state index in [4.69, 9.17) is 0 Å². The molecule has 0 aromatic carbocycles. The van der Waals surface area contributed by atoms with Gasteiger partial charge in [-0.05, 0) is 38.1 Å². The molecular weight excluding hydrogens is 198 g/mol. The van der Waals surface area contributed by atoms with Crippen molar-refractivity contribution in [1.29, 1.82) is 0 Å². The van der Waals surface area contributed by atoms with E-state index in [-0.39, 0.29) is 0 Å². The zero-order valence-corrected chi connectivity index (χ0v) is 9.51. The molecule has 82 valence electrons. The van der Waals surface area contributed by atoms with E-state index >= 15 is 0 Å². The smallest absolute Gasteiger partial charge is 0.126 e. The molecule has 0 saturated carbocycles. The summed E-state index contributed by atoms with van der Waals surface area (Å²) in [7, 11) is 0. The molecule has 0 aliphatic rings. The number of hydrogen-bond donors (Lipinski definition) is 1. The predicted molar refractivity (Wildman–Crippen MR) is 66.2 cm³/mol. The SMILES string of the molecule is CC(C)Nc1cc(-c2ccccn2)ccn1. The molecular formula is C13H15N3. The van der Waals surface area contributed by atoms with E-state index < -0.39 is 0 Å². The minimum atomic E-state index is 0.381. The fraction of sp³-hybridized carbons (Fsp3) is 0.231. The van der Waals surface area contributed by atoms with E-state index in [1.54, 1.807) is 12.4 Å². The first-order valence-corrected chi connectivity index (χ1v) is 5.40. The number of nitrogens with zero attached hydrogens (tertiary/aromatic N) is 2. The van der Waals surface area contributed by atoms with Gasteiger partial charge < -0.3 is 5.32 Å². The second kappa shape index (κ2) is 4.75. The summed E-state index contributed by atoms with van der Waals surface area (Å²) in [6.07, 6.45) is 3.60. The van der Waals surface area contributed by atoms with E-state index in [9.17, 15) is 0 Å². The molecule has 3 heteroatoms. The second-order valence-electron chi connectivity index (χ2n) is 3.94. The monoisotopic (exact) mass is 213 g/mol. The standard InChI is InChI=1S/C13H15N3/c1-10(2)16-13-9-11(6-8-15-13)12-5-3-4-7-14-12/h3-10H,1-2H3,(H,15,16). The molecule has 0 unspecified atom stereocenters. The van der Waals surface area contributed by atoms with Gasteiger partial charge in [0.05, 0.1) is 5.69 Å². The molecule has 0 saturated heterocycles. The van der Waals surface area contributed by atoms with Gasteiger partial charge in [0.1, 0.15) is 5.82 Å². The van der Waals surface area contributed by atoms with E-state index in [1.165, 1.54) is 0 Å². The molecule has 0 amide bonds. The zero-order valence-electron chi connectivity index (χ0n) is 9.51. The fourth-order valence-corrected chi connectivity index (χ4v) is 1.50. The summed E-state index contributed by atoms with van der Waals surface area (Å²) in [6.45, 7) is 4.18. The number of anilines is 1. The summed E-state index contributed by atoms with van der Waals surface area (Å²) in [4.78, 5) is 8.58. The Kier molecular flexibility index (Phi) is 3.15. The Hall–Kier alpha value is -1.90. The Morgan fingerprint density at radius 1 is 1.06 bits per heavy atom. The number of aromatic nitrogens is 2. The van der Waals surface area contributed by atoms with Crippen molar-refractivity contribution in [3.05, 3.63) is 42.7 Å². The molecule has 0 aliphatic carbocycles. The summed E-state index contributed by atoms with van der Waals surface area (Å²) in [5, 5.41) is 3.28. The van der Waals surface area contributed by atoms with Crippen LogP contribution in [0.2, 0.25) is 0 Å². The van der Waals surface area contributed by atoms with Crippen LogP contribution in [0.5, 0.6) is 0 Å². The first-order chi connectivity index (χ1) is 7.75. The summed E-state index contributed by atoms with van der Waals surface area (Å²) in [5.74, 6) is 0.887. The molecule has 0 bridgehead atoms. The molecule has 2 aromatic rings. The maximum Gasteiger partial charge on any atom is 0.126 e. The van der Waals surface area contributed by atoms with Crippen LogP contribution in [0, 0.1) is 0 Å². The Bertz CT molecular complexity index is 452. The van der Waals surface area contributed by atoms with Crippen LogP contribution in [0.3, 0.4) is 0 Å². The first kappa shape index (κ1) is 10.6. The highest BCUT2D eigenvalue weighted by atomic mass is 15.0. The van der Waals surface area contributed by atoms with Gasteiger partial charge >= 0.3 is 0 Å². The summed E-state index contributed by atoms with van der Waals surface area (Å²) < 4.78 is 0. The second-order valence-corrected chi connectivity index (χ2v) is 3.94. The Morgan fingerprint density at radius 3 is 2.62 bits per heavy atom. The lowest BCUT2D eigenvalue weighted by Crippen LogP contribution is -2.10. The average molecular weight is 213 g/mol. The van der Waals surface area contributed by atoms with Crippen molar-refractivity contribution < 1.29 is 0 Å². The molecule has 0 fully saturated rings. The molecule has 0 aliphatic heterocycles. The van der Waals surface area contributed by atoms with Crippen LogP contribution >= 0.6 is 0 Å². The van der Waals surface area contributed by atoms with Gasteiger partial charge in [-0.15, -0.1) is 0 Å². The van der Waals surface area contributed by atoms with E-state index in [0.717, 1.165) is 17.1 Å². The Morgan fingerprint density at radius 2 is 1.94 bits per heavy atom. The molecule has 2 rings (SSSR count). The number of hydrogen-bond acceptors (Lipinski definition) is 3. The predicted octanol–water partition coefficient (Wildman–Crippen LogP) is 2.96. The number of nitrogens with one attached hydrogen (secondary N) is 1. The van der Waals surface area contributed by atoms with Crippen LogP contribution in [0.1, 0.15) is 13.8 Å². The maximum atomic E-state index is 4.31. The normalized spacial score (nSPS) is 10.4. The van der Waals surface area contributed by atoms with Gasteiger partial charge in [-0.2, -0.15) is 0 Å². The highest BCUT2D eigenvalue weighted by Gasteiger charge is 2.01. The largest absolute Gasteiger partial charge is 0.368 e. The third-order valence-electron chi connectivity index (χ3n) is 2.16. The molecule has 3 nitrogen and oxygen atoms in total.